The van der Waals surface area contributed by atoms with Gasteiger partial charge in [-0.25, -0.2) is 0 Å². The number of amides is 1. The van der Waals surface area contributed by atoms with Gasteiger partial charge < -0.3 is 36.0 Å². The second-order valence-corrected chi connectivity index (χ2v) is 26.9. The van der Waals surface area contributed by atoms with Crippen LogP contribution in [-0.4, -0.2) is 157 Å². The van der Waals surface area contributed by atoms with E-state index in [9.17, 15) is 74.8 Å². The number of thiol groups is 1. The van der Waals surface area contributed by atoms with Gasteiger partial charge in [0.2, 0.25) is 40.3 Å². The first kappa shape index (κ1) is 65.2. The van der Waals surface area contributed by atoms with Gasteiger partial charge in [0.05, 0.1) is 39.7 Å². The van der Waals surface area contributed by atoms with Crippen LogP contribution in [-0.2, 0) is 55.4 Å². The number of carbonyl (C=O) groups is 1. The van der Waals surface area contributed by atoms with Gasteiger partial charge in [-0.05, 0) is 107 Å². The summed E-state index contributed by atoms with van der Waals surface area (Å²) < 4.78 is 176. The monoisotopic (exact) mass is 1380 g/mol. The Labute approximate surface area is 519 Å². The van der Waals surface area contributed by atoms with Crippen molar-refractivity contribution >= 4 is 177 Å². The number of azo groups is 1. The van der Waals surface area contributed by atoms with Crippen LogP contribution >= 0.6 is 35.8 Å². The Balaban J connectivity index is 0.838. The van der Waals surface area contributed by atoms with E-state index in [0.717, 1.165) is 12.1 Å². The lowest BCUT2D eigenvalue weighted by molar-refractivity contribution is -0.114. The summed E-state index contributed by atoms with van der Waals surface area (Å²) >= 11 is 17.1. The number of anilines is 9. The molecule has 0 bridgehead atoms. The third kappa shape index (κ3) is 15.6. The van der Waals surface area contributed by atoms with E-state index < -0.39 is 98.1 Å². The molecule has 0 radical (unpaired) electrons. The van der Waals surface area contributed by atoms with Gasteiger partial charge in [-0.3, -0.25) is 43.3 Å². The summed E-state index contributed by atoms with van der Waals surface area (Å²) in [5.41, 5.74) is 4.93. The Bertz CT molecular complexity index is 4840. The number of halogens is 2. The summed E-state index contributed by atoms with van der Waals surface area (Å²) in [6, 6.07) is 13.8. The van der Waals surface area contributed by atoms with Crippen LogP contribution in [0, 0.1) is 0 Å². The minimum atomic E-state index is -5.23. The highest BCUT2D eigenvalue weighted by Crippen LogP contribution is 2.44. The van der Waals surface area contributed by atoms with Gasteiger partial charge >= 0.3 is 0 Å². The number of hydrogen-bond acceptors (Lipinski definition) is 29. The molecule has 1 amide bonds. The fourth-order valence-electron chi connectivity index (χ4n) is 8.73. The summed E-state index contributed by atoms with van der Waals surface area (Å²) in [6.45, 7) is 4.00. The van der Waals surface area contributed by atoms with E-state index in [0.29, 0.717) is 63.5 Å². The molecule has 0 atom stereocenters. The number of nitrogens with one attached hydrogen (secondary N) is 6. The molecule has 2 aromatic heterocycles. The van der Waals surface area contributed by atoms with Crippen molar-refractivity contribution in [1.82, 2.24) is 34.8 Å². The third-order valence-electron chi connectivity index (χ3n) is 12.7. The van der Waals surface area contributed by atoms with E-state index in [-0.39, 0.29) is 95.0 Å². The molecule has 42 heteroatoms. The van der Waals surface area contributed by atoms with Crippen LogP contribution in [0.3, 0.4) is 0 Å². The van der Waals surface area contributed by atoms with Crippen molar-refractivity contribution in [2.75, 3.05) is 83.4 Å². The molecule has 1 saturated heterocycles. The molecule has 0 spiro atoms. The van der Waals surface area contributed by atoms with Crippen molar-refractivity contribution in [3.8, 4) is 11.5 Å². The largest absolute Gasteiger partial charge is 0.505 e. The molecule has 0 aliphatic carbocycles. The van der Waals surface area contributed by atoms with Crippen LogP contribution in [0.5, 0.6) is 11.5 Å². The Morgan fingerprint density at radius 2 is 1.24 bits per heavy atom. The molecule has 8 aromatic rings. The Hall–Kier alpha value is -8.23. The first-order chi connectivity index (χ1) is 41.6. The topological polar surface area (TPSA) is 499 Å². The summed E-state index contributed by atoms with van der Waals surface area (Å²) in [6.07, 6.45) is 0. The number of hydrogen-bond donors (Lipinski definition) is 13. The zero-order chi connectivity index (χ0) is 64.7. The smallest absolute Gasteiger partial charge is 0.296 e. The maximum Gasteiger partial charge on any atom is 0.296 e. The predicted molar refractivity (Wildman–Crippen MR) is 324 cm³/mol. The number of aromatic nitrogens is 6. The maximum atomic E-state index is 12.6. The van der Waals surface area contributed by atoms with Crippen molar-refractivity contribution in [1.29, 1.82) is 0 Å². The molecule has 9 rings (SSSR count). The molecule has 3 heterocycles. The minimum absolute atomic E-state index is 0.000480. The third-order valence-corrected chi connectivity index (χ3v) is 17.8. The first-order valence-corrected chi connectivity index (χ1v) is 33.2. The number of rotatable bonds is 21. The molecule has 470 valence electrons. The molecule has 1 fully saturated rings. The van der Waals surface area contributed by atoms with Crippen molar-refractivity contribution in [3.63, 3.8) is 0 Å². The molecule has 89 heavy (non-hydrogen) atoms. The van der Waals surface area contributed by atoms with E-state index in [1.807, 2.05) is 4.90 Å². The lowest BCUT2D eigenvalue weighted by atomic mass is 10.1. The predicted octanol–water partition coefficient (Wildman–Crippen LogP) is 6.44. The number of hydrazine groups is 1. The summed E-state index contributed by atoms with van der Waals surface area (Å²) in [7, 11) is -23.8. The SMILES string of the molecule is COc1cc(NNc2cc3c(S(=O)(=O)O)cc(S(=O)(=O)O)cc3cc2S)c(NC(C)=O)cc1Nc1nc(Cl)nc(N2CCN(CCNc3nc(Cl)nc(Nc4ccc5c(O)c(/N=N/c6cc(S(=O)(=O)O)ccc6S(=O)(=O)O)c(S(=O)(=O)O)cc5c4)n3)CC2)n1. The summed E-state index contributed by atoms with van der Waals surface area (Å²) in [5, 5.41) is 29.4. The summed E-state index contributed by atoms with van der Waals surface area (Å²) in [4.78, 5) is 37.8. The highest BCUT2D eigenvalue weighted by Gasteiger charge is 2.27. The van der Waals surface area contributed by atoms with Crippen LogP contribution in [0.4, 0.5) is 63.6 Å². The Morgan fingerprint density at radius 1 is 0.607 bits per heavy atom. The second kappa shape index (κ2) is 25.3. The van der Waals surface area contributed by atoms with E-state index in [1.54, 1.807) is 0 Å². The van der Waals surface area contributed by atoms with Crippen LogP contribution < -0.4 is 41.8 Å². The zero-order valence-electron chi connectivity index (χ0n) is 45.0. The number of carbonyl (C=O) groups excluding carboxylic acids is 1. The van der Waals surface area contributed by atoms with E-state index in [1.165, 1.54) is 56.5 Å². The zero-order valence-corrected chi connectivity index (χ0v) is 51.5. The van der Waals surface area contributed by atoms with Gasteiger partial charge in [-0.15, -0.1) is 22.9 Å². The fraction of sp³-hybridized carbons (Fsp3) is 0.170. The average molecular weight is 1380 g/mol. The van der Waals surface area contributed by atoms with Crippen molar-refractivity contribution < 1.29 is 79.5 Å². The van der Waals surface area contributed by atoms with Gasteiger partial charge in [0.15, 0.2) is 5.75 Å². The Kier molecular flexibility index (Phi) is 18.6. The number of ether oxygens (including phenoxy) is 1. The molecule has 6 aromatic carbocycles. The number of aromatic hydroxyl groups is 1. The number of phenolic OH excluding ortho intramolecular Hbond substituents is 1. The fourth-order valence-corrected chi connectivity index (χ4v) is 12.4. The highest BCUT2D eigenvalue weighted by molar-refractivity contribution is 7.87. The molecule has 0 unspecified atom stereocenters. The number of piperazine rings is 1. The molecule has 0 saturated carbocycles. The van der Waals surface area contributed by atoms with Gasteiger partial charge in [0, 0.05) is 73.6 Å². The highest BCUT2D eigenvalue weighted by atomic mass is 35.5. The number of fused-ring (bicyclic) bond motifs is 2. The number of phenols is 1. The quantitative estimate of drug-likeness (QED) is 0.0159. The molecule has 1 aliphatic heterocycles. The van der Waals surface area contributed by atoms with Crippen LogP contribution in [0.25, 0.3) is 21.5 Å². The van der Waals surface area contributed by atoms with E-state index >= 15 is 0 Å². The summed E-state index contributed by atoms with van der Waals surface area (Å²) in [5.74, 6) is -0.965. The molecule has 12 N–H and O–H groups in total. The van der Waals surface area contributed by atoms with Crippen molar-refractivity contribution in [2.24, 2.45) is 10.2 Å². The average Bonchev–Trinajstić information content (AvgIpc) is 0.878. The van der Waals surface area contributed by atoms with Crippen LogP contribution in [0.2, 0.25) is 10.6 Å². The van der Waals surface area contributed by atoms with Gasteiger partial charge in [-0.1, -0.05) is 0 Å². The Morgan fingerprint density at radius 3 is 1.88 bits per heavy atom. The van der Waals surface area contributed by atoms with Crippen LogP contribution in [0.1, 0.15) is 6.92 Å². The lowest BCUT2D eigenvalue weighted by Crippen LogP contribution is -2.48. The van der Waals surface area contributed by atoms with E-state index in [2.05, 4.69) is 89.8 Å². The van der Waals surface area contributed by atoms with Gasteiger partial charge in [0.25, 0.3) is 50.6 Å². The lowest BCUT2D eigenvalue weighted by Gasteiger charge is -2.34. The molecular formula is C47H44Cl2N16O18S6. The molecular weight excluding hydrogens is 1340 g/mol. The van der Waals surface area contributed by atoms with E-state index in [4.69, 9.17) is 27.9 Å². The number of methoxy groups -OCH3 is 1. The first-order valence-electron chi connectivity index (χ1n) is 24.7. The van der Waals surface area contributed by atoms with Crippen molar-refractivity contribution in [2.45, 2.75) is 36.3 Å². The number of benzene rings is 6. The molecule has 34 nitrogen and oxygen atoms in total. The van der Waals surface area contributed by atoms with Gasteiger partial charge in [0.1, 0.15) is 31.8 Å². The van der Waals surface area contributed by atoms with Crippen molar-refractivity contribution in [3.05, 3.63) is 89.4 Å². The molecule has 1 aliphatic rings. The maximum absolute atomic E-state index is 12.6. The standard InChI is InChI=1S/C47H44Cl2N16O18S6/c1-22(66)51-30-20-32(35(83-2)21-31(30)60-61-33-19-29-24(15-36(33)84)14-27(86(71,72)73)18-38(29)88(77,78)79)53-46-56-43(49)57-47(59-46)65-11-9-64(10-12-65)8-7-50-44-54-42(48)55-45(58-44)52-25-3-5-28-23(13-25)16-39(89(80,81)82)40(41(28)67)63-62-34-17-26(85(68,69)70)4-6-37(34)87(74,75)76/h3-6,13-21,60-61,67,84H,7-12H2,1-2H3,(H,51,66)(H,68,69,70)(H,71,72,73)(H,74,75,76)(H,77,78,79)(H,80,81,82)(H,53,56,57,59)(H2,50,52,54,55,58)/b63-62+. The number of nitrogens with zero attached hydrogens (tertiary/aromatic N) is 10. The van der Waals surface area contributed by atoms with Crippen LogP contribution in [0.15, 0.2) is 118 Å². The normalized spacial score (nSPS) is 13.6. The second-order valence-electron chi connectivity index (χ2n) is 18.7. The van der Waals surface area contributed by atoms with Gasteiger partial charge in [-0.2, -0.15) is 72.0 Å². The minimum Gasteiger partial charge on any atom is -0.505 e.